The SMILES string of the molecule is Cc1nn(C(=O)C(N)c2ccccc2)c(C)c1N. The van der Waals surface area contributed by atoms with E-state index in [2.05, 4.69) is 5.10 Å². The van der Waals surface area contributed by atoms with E-state index < -0.39 is 6.04 Å². The molecule has 2 rings (SSSR count). The number of hydrogen-bond acceptors (Lipinski definition) is 4. The lowest BCUT2D eigenvalue weighted by Crippen LogP contribution is -2.28. The number of anilines is 1. The molecule has 5 heteroatoms. The number of aryl methyl sites for hydroxylation is 1. The predicted octanol–water partition coefficient (Wildman–Crippen LogP) is 1.42. The van der Waals surface area contributed by atoms with Crippen LogP contribution in [0, 0.1) is 13.8 Å². The largest absolute Gasteiger partial charge is 0.396 e. The van der Waals surface area contributed by atoms with E-state index in [0.29, 0.717) is 17.1 Å². The van der Waals surface area contributed by atoms with Crippen LogP contribution in [-0.2, 0) is 0 Å². The molecule has 0 saturated heterocycles. The average molecular weight is 244 g/mol. The molecule has 1 unspecified atom stereocenters. The third-order valence-corrected chi connectivity index (χ3v) is 2.98. The molecule has 0 aliphatic carbocycles. The first-order valence-electron chi connectivity index (χ1n) is 5.68. The Labute approximate surface area is 105 Å². The monoisotopic (exact) mass is 244 g/mol. The van der Waals surface area contributed by atoms with Gasteiger partial charge in [-0.25, -0.2) is 4.68 Å². The van der Waals surface area contributed by atoms with Crippen molar-refractivity contribution in [2.24, 2.45) is 5.73 Å². The first-order chi connectivity index (χ1) is 8.52. The molecule has 0 amide bonds. The van der Waals surface area contributed by atoms with Gasteiger partial charge in [0, 0.05) is 0 Å². The molecule has 18 heavy (non-hydrogen) atoms. The molecule has 0 fully saturated rings. The standard InChI is InChI=1S/C13H16N4O/c1-8-11(14)9(2)17(16-8)13(18)12(15)10-6-4-3-5-7-10/h3-7,12H,14-15H2,1-2H3. The molecular weight excluding hydrogens is 228 g/mol. The summed E-state index contributed by atoms with van der Waals surface area (Å²) in [6.45, 7) is 3.52. The average Bonchev–Trinajstić information content (AvgIpc) is 2.66. The van der Waals surface area contributed by atoms with Crippen molar-refractivity contribution in [2.45, 2.75) is 19.9 Å². The topological polar surface area (TPSA) is 86.9 Å². The third kappa shape index (κ3) is 2.00. The molecule has 94 valence electrons. The van der Waals surface area contributed by atoms with Gasteiger partial charge in [-0.1, -0.05) is 30.3 Å². The van der Waals surface area contributed by atoms with Gasteiger partial charge in [0.05, 0.1) is 17.1 Å². The van der Waals surface area contributed by atoms with Crippen molar-refractivity contribution in [3.63, 3.8) is 0 Å². The lowest BCUT2D eigenvalue weighted by Gasteiger charge is -2.11. The highest BCUT2D eigenvalue weighted by molar-refractivity contribution is 5.86. The van der Waals surface area contributed by atoms with Crippen LogP contribution in [0.15, 0.2) is 30.3 Å². The normalized spacial score (nSPS) is 12.4. The fourth-order valence-electron chi connectivity index (χ4n) is 1.80. The van der Waals surface area contributed by atoms with E-state index in [9.17, 15) is 4.79 Å². The molecule has 5 nitrogen and oxygen atoms in total. The zero-order valence-corrected chi connectivity index (χ0v) is 10.4. The molecule has 1 heterocycles. The van der Waals surface area contributed by atoms with Crippen LogP contribution in [0.1, 0.15) is 27.8 Å². The molecule has 4 N–H and O–H groups in total. The van der Waals surface area contributed by atoms with Gasteiger partial charge >= 0.3 is 0 Å². The van der Waals surface area contributed by atoms with E-state index in [-0.39, 0.29) is 5.91 Å². The van der Waals surface area contributed by atoms with Crippen LogP contribution in [0.3, 0.4) is 0 Å². The zero-order chi connectivity index (χ0) is 13.3. The van der Waals surface area contributed by atoms with Gasteiger partial charge in [0.1, 0.15) is 6.04 Å². The van der Waals surface area contributed by atoms with E-state index in [1.165, 1.54) is 4.68 Å². The summed E-state index contributed by atoms with van der Waals surface area (Å²) in [6, 6.07) is 8.47. The summed E-state index contributed by atoms with van der Waals surface area (Å²) in [4.78, 5) is 12.3. The molecule has 0 aliphatic rings. The molecule has 2 aromatic rings. The second kappa shape index (κ2) is 4.62. The Balaban J connectivity index is 2.35. The number of nitrogen functional groups attached to an aromatic ring is 1. The lowest BCUT2D eigenvalue weighted by atomic mass is 10.1. The molecule has 0 spiro atoms. The molecule has 0 aliphatic heterocycles. The van der Waals surface area contributed by atoms with Gasteiger partial charge in [-0.2, -0.15) is 5.10 Å². The van der Waals surface area contributed by atoms with Gasteiger partial charge in [-0.15, -0.1) is 0 Å². The quantitative estimate of drug-likeness (QED) is 0.836. The maximum atomic E-state index is 12.3. The lowest BCUT2D eigenvalue weighted by molar-refractivity contribution is 0.0860. The molecule has 1 atom stereocenters. The van der Waals surface area contributed by atoms with Crippen LogP contribution in [0.2, 0.25) is 0 Å². The van der Waals surface area contributed by atoms with Gasteiger partial charge in [-0.05, 0) is 19.4 Å². The molecule has 0 radical (unpaired) electrons. The maximum Gasteiger partial charge on any atom is 0.268 e. The highest BCUT2D eigenvalue weighted by atomic mass is 16.2. The van der Waals surface area contributed by atoms with Crippen molar-refractivity contribution >= 4 is 11.6 Å². The summed E-state index contributed by atoms with van der Waals surface area (Å²) in [7, 11) is 0. The minimum atomic E-state index is -0.733. The highest BCUT2D eigenvalue weighted by Crippen LogP contribution is 2.18. The maximum absolute atomic E-state index is 12.3. The van der Waals surface area contributed by atoms with Crippen LogP contribution >= 0.6 is 0 Å². The van der Waals surface area contributed by atoms with Crippen molar-refractivity contribution in [1.29, 1.82) is 0 Å². The Morgan fingerprint density at radius 3 is 2.39 bits per heavy atom. The minimum Gasteiger partial charge on any atom is -0.396 e. The Bertz CT molecular complexity index is 574. The highest BCUT2D eigenvalue weighted by Gasteiger charge is 2.21. The molecule has 1 aromatic carbocycles. The van der Waals surface area contributed by atoms with Crippen molar-refractivity contribution < 1.29 is 4.79 Å². The zero-order valence-electron chi connectivity index (χ0n) is 10.4. The van der Waals surface area contributed by atoms with Crippen LogP contribution in [0.25, 0.3) is 0 Å². The summed E-state index contributed by atoms with van der Waals surface area (Å²) in [5.74, 6) is -0.279. The number of aromatic nitrogens is 2. The van der Waals surface area contributed by atoms with Crippen molar-refractivity contribution in [3.8, 4) is 0 Å². The number of hydrogen-bond donors (Lipinski definition) is 2. The number of nitrogens with two attached hydrogens (primary N) is 2. The first kappa shape index (κ1) is 12.3. The molecule has 0 bridgehead atoms. The van der Waals surface area contributed by atoms with Crippen LogP contribution < -0.4 is 11.5 Å². The second-order valence-electron chi connectivity index (χ2n) is 4.22. The van der Waals surface area contributed by atoms with E-state index >= 15 is 0 Å². The number of carbonyl (C=O) groups excluding carboxylic acids is 1. The van der Waals surface area contributed by atoms with Crippen LogP contribution in [0.4, 0.5) is 5.69 Å². The molecular formula is C13H16N4O. The predicted molar refractivity (Wildman–Crippen MR) is 70.1 cm³/mol. The van der Waals surface area contributed by atoms with Crippen LogP contribution in [-0.4, -0.2) is 15.7 Å². The molecule has 0 saturated carbocycles. The summed E-state index contributed by atoms with van der Waals surface area (Å²) in [6.07, 6.45) is 0. The van der Waals surface area contributed by atoms with E-state index in [1.54, 1.807) is 13.8 Å². The van der Waals surface area contributed by atoms with E-state index in [1.807, 2.05) is 30.3 Å². The van der Waals surface area contributed by atoms with Gasteiger partial charge in [0.15, 0.2) is 0 Å². The van der Waals surface area contributed by atoms with E-state index in [4.69, 9.17) is 11.5 Å². The van der Waals surface area contributed by atoms with Gasteiger partial charge < -0.3 is 11.5 Å². The van der Waals surface area contributed by atoms with Gasteiger partial charge in [0.25, 0.3) is 5.91 Å². The number of carbonyl (C=O) groups is 1. The van der Waals surface area contributed by atoms with Crippen molar-refractivity contribution in [3.05, 3.63) is 47.3 Å². The Hall–Kier alpha value is -2.14. The summed E-state index contributed by atoms with van der Waals surface area (Å²) in [5.41, 5.74) is 14.3. The van der Waals surface area contributed by atoms with E-state index in [0.717, 1.165) is 5.56 Å². The fourth-order valence-corrected chi connectivity index (χ4v) is 1.80. The van der Waals surface area contributed by atoms with Crippen LogP contribution in [0.5, 0.6) is 0 Å². The summed E-state index contributed by atoms with van der Waals surface area (Å²) in [5, 5.41) is 4.12. The fraction of sp³-hybridized carbons (Fsp3) is 0.231. The minimum absolute atomic E-state index is 0.279. The van der Waals surface area contributed by atoms with Gasteiger partial charge in [0.2, 0.25) is 0 Å². The van der Waals surface area contributed by atoms with Crippen molar-refractivity contribution in [2.75, 3.05) is 5.73 Å². The second-order valence-corrected chi connectivity index (χ2v) is 4.22. The summed E-state index contributed by atoms with van der Waals surface area (Å²) < 4.78 is 1.28. The Morgan fingerprint density at radius 1 is 1.28 bits per heavy atom. The smallest absolute Gasteiger partial charge is 0.268 e. The number of benzene rings is 1. The van der Waals surface area contributed by atoms with Gasteiger partial charge in [-0.3, -0.25) is 4.79 Å². The van der Waals surface area contributed by atoms with Crippen molar-refractivity contribution in [1.82, 2.24) is 9.78 Å². The third-order valence-electron chi connectivity index (χ3n) is 2.98. The Morgan fingerprint density at radius 2 is 1.89 bits per heavy atom. The Kier molecular flexibility index (Phi) is 3.16. The molecule has 1 aromatic heterocycles. The number of nitrogens with zero attached hydrogens (tertiary/aromatic N) is 2. The summed E-state index contributed by atoms with van der Waals surface area (Å²) >= 11 is 0. The number of rotatable bonds is 2. The first-order valence-corrected chi connectivity index (χ1v) is 5.68.